The molecule has 0 spiro atoms. The van der Waals surface area contributed by atoms with Crippen LogP contribution in [0.3, 0.4) is 0 Å². The van der Waals surface area contributed by atoms with Crippen LogP contribution in [0.5, 0.6) is 0 Å². The van der Waals surface area contributed by atoms with Gasteiger partial charge in [0.1, 0.15) is 5.82 Å². The number of hydrogen-bond donors (Lipinski definition) is 1. The molecule has 0 bridgehead atoms. The third-order valence-electron chi connectivity index (χ3n) is 2.69. The van der Waals surface area contributed by atoms with Gasteiger partial charge in [-0.2, -0.15) is 0 Å². The van der Waals surface area contributed by atoms with E-state index in [0.717, 1.165) is 25.9 Å². The zero-order chi connectivity index (χ0) is 13.3. The molecule has 1 aromatic carbocycles. The van der Waals surface area contributed by atoms with Crippen molar-refractivity contribution in [2.24, 2.45) is 7.05 Å². The van der Waals surface area contributed by atoms with E-state index in [1.165, 1.54) is 0 Å². The van der Waals surface area contributed by atoms with Gasteiger partial charge in [-0.25, -0.2) is 0 Å². The molecule has 2 aromatic rings. The van der Waals surface area contributed by atoms with Gasteiger partial charge in [0.15, 0.2) is 5.16 Å². The molecule has 96 valence electrons. The van der Waals surface area contributed by atoms with Crippen LogP contribution in [-0.4, -0.2) is 19.9 Å². The van der Waals surface area contributed by atoms with Gasteiger partial charge in [0.2, 0.25) is 0 Å². The van der Waals surface area contributed by atoms with Gasteiger partial charge in [-0.15, -0.1) is 10.2 Å². The highest BCUT2D eigenvalue weighted by Gasteiger charge is 2.11. The molecule has 0 saturated carbocycles. The van der Waals surface area contributed by atoms with Crippen molar-refractivity contribution in [3.05, 3.63) is 34.1 Å². The van der Waals surface area contributed by atoms with Crippen molar-refractivity contribution in [3.8, 4) is 0 Å². The van der Waals surface area contributed by atoms with E-state index in [-0.39, 0.29) is 0 Å². The summed E-state index contributed by atoms with van der Waals surface area (Å²) in [6, 6.07) is 5.82. The molecule has 1 atom stereocenters. The zero-order valence-corrected chi connectivity index (χ0v) is 12.8. The highest BCUT2D eigenvalue weighted by Crippen LogP contribution is 2.34. The molecule has 0 radical (unpaired) electrons. The summed E-state index contributed by atoms with van der Waals surface area (Å²) < 4.78 is 2.89. The van der Waals surface area contributed by atoms with Crippen molar-refractivity contribution in [2.45, 2.75) is 30.0 Å². The number of aryl methyl sites for hydroxylation is 1. The molecule has 2 rings (SSSR count). The van der Waals surface area contributed by atoms with E-state index in [4.69, 9.17) is 0 Å². The molecule has 1 N–H and O–H groups in total. The van der Waals surface area contributed by atoms with E-state index in [1.807, 2.05) is 36.7 Å². The first-order valence-electron chi connectivity index (χ1n) is 5.50. The van der Waals surface area contributed by atoms with Crippen LogP contribution in [0.15, 0.2) is 32.7 Å². The number of rotatable bonds is 3. The molecule has 1 unspecified atom stereocenters. The predicted octanol–water partition coefficient (Wildman–Crippen LogP) is 3.09. The Labute approximate surface area is 119 Å². The second-order valence-corrected chi connectivity index (χ2v) is 5.92. The van der Waals surface area contributed by atoms with Crippen LogP contribution in [0.25, 0.3) is 0 Å². The lowest BCUT2D eigenvalue weighted by molar-refractivity contribution is 0.199. The van der Waals surface area contributed by atoms with Gasteiger partial charge in [0, 0.05) is 16.4 Å². The highest BCUT2D eigenvalue weighted by molar-refractivity contribution is 9.10. The van der Waals surface area contributed by atoms with Crippen molar-refractivity contribution >= 4 is 27.7 Å². The number of nitrogens with zero attached hydrogens (tertiary/aromatic N) is 3. The summed E-state index contributed by atoms with van der Waals surface area (Å²) in [5.41, 5.74) is 0.889. The number of hydrogen-bond acceptors (Lipinski definition) is 4. The fourth-order valence-corrected chi connectivity index (χ4v) is 2.91. The van der Waals surface area contributed by atoms with Gasteiger partial charge >= 0.3 is 0 Å². The highest BCUT2D eigenvalue weighted by atomic mass is 79.9. The van der Waals surface area contributed by atoms with Crippen LogP contribution in [0.4, 0.5) is 0 Å². The molecule has 6 heteroatoms. The summed E-state index contributed by atoms with van der Waals surface area (Å²) >= 11 is 5.06. The van der Waals surface area contributed by atoms with Crippen LogP contribution in [-0.2, 0) is 7.05 Å². The lowest BCUT2D eigenvalue weighted by atomic mass is 10.1. The number of halogens is 1. The number of aliphatic hydroxyl groups is 1. The summed E-state index contributed by atoms with van der Waals surface area (Å²) in [5.74, 6) is 0.884. The lowest BCUT2D eigenvalue weighted by Gasteiger charge is -2.08. The fraction of sp³-hybridized carbons (Fsp3) is 0.333. The molecule has 0 amide bonds. The Morgan fingerprint density at radius 1 is 1.39 bits per heavy atom. The largest absolute Gasteiger partial charge is 0.389 e. The van der Waals surface area contributed by atoms with Crippen molar-refractivity contribution in [2.75, 3.05) is 0 Å². The minimum atomic E-state index is -0.461. The standard InChI is InChI=1S/C12H14BrN3OS/c1-7(17)9-4-5-11(10(13)6-9)18-12-15-14-8(2)16(12)3/h4-7,17H,1-3H3. The molecule has 1 heterocycles. The molecule has 0 aliphatic heterocycles. The molecule has 0 aliphatic carbocycles. The summed E-state index contributed by atoms with van der Waals surface area (Å²) in [6.07, 6.45) is -0.461. The Balaban J connectivity index is 2.27. The van der Waals surface area contributed by atoms with Crippen molar-refractivity contribution in [1.29, 1.82) is 0 Å². The lowest BCUT2D eigenvalue weighted by Crippen LogP contribution is -1.94. The molecule has 0 fully saturated rings. The topological polar surface area (TPSA) is 50.9 Å². The maximum Gasteiger partial charge on any atom is 0.195 e. The normalized spacial score (nSPS) is 12.7. The summed E-state index contributed by atoms with van der Waals surface area (Å²) in [6.45, 7) is 3.67. The number of benzene rings is 1. The molecule has 0 saturated heterocycles. The molecule has 1 aromatic heterocycles. The van der Waals surface area contributed by atoms with Gasteiger partial charge in [0.25, 0.3) is 0 Å². The minimum Gasteiger partial charge on any atom is -0.389 e. The van der Waals surface area contributed by atoms with Crippen LogP contribution in [0.1, 0.15) is 24.4 Å². The Bertz CT molecular complexity index is 568. The van der Waals surface area contributed by atoms with Gasteiger partial charge in [-0.05, 0) is 59.2 Å². The monoisotopic (exact) mass is 327 g/mol. The van der Waals surface area contributed by atoms with E-state index in [9.17, 15) is 5.11 Å². The number of aromatic nitrogens is 3. The van der Waals surface area contributed by atoms with Crippen LogP contribution in [0.2, 0.25) is 0 Å². The zero-order valence-electron chi connectivity index (χ0n) is 10.4. The molecule has 4 nitrogen and oxygen atoms in total. The van der Waals surface area contributed by atoms with Crippen molar-refractivity contribution in [1.82, 2.24) is 14.8 Å². The van der Waals surface area contributed by atoms with Crippen LogP contribution >= 0.6 is 27.7 Å². The first-order chi connectivity index (χ1) is 8.49. The summed E-state index contributed by atoms with van der Waals surface area (Å²) in [5, 5.41) is 18.5. The second-order valence-electron chi connectivity index (χ2n) is 4.06. The Hall–Kier alpha value is -0.850. The molecular formula is C12H14BrN3OS. The maximum absolute atomic E-state index is 9.52. The second kappa shape index (κ2) is 5.42. The average Bonchev–Trinajstić information content (AvgIpc) is 2.63. The summed E-state index contributed by atoms with van der Waals surface area (Å²) in [7, 11) is 1.94. The third-order valence-corrected chi connectivity index (χ3v) is 4.72. The van der Waals surface area contributed by atoms with Gasteiger partial charge < -0.3 is 9.67 Å². The average molecular weight is 328 g/mol. The Kier molecular flexibility index (Phi) is 4.09. The SMILES string of the molecule is Cc1nnc(Sc2ccc(C(C)O)cc2Br)n1C. The van der Waals surface area contributed by atoms with Gasteiger partial charge in [0.05, 0.1) is 6.10 Å². The smallest absolute Gasteiger partial charge is 0.195 e. The van der Waals surface area contributed by atoms with Crippen LogP contribution < -0.4 is 0 Å². The minimum absolute atomic E-state index is 0.461. The fourth-order valence-electron chi connectivity index (χ4n) is 1.43. The van der Waals surface area contributed by atoms with E-state index < -0.39 is 6.10 Å². The Morgan fingerprint density at radius 3 is 2.61 bits per heavy atom. The van der Waals surface area contributed by atoms with Crippen molar-refractivity contribution in [3.63, 3.8) is 0 Å². The molecule has 18 heavy (non-hydrogen) atoms. The Morgan fingerprint density at radius 2 is 2.11 bits per heavy atom. The number of aliphatic hydroxyl groups excluding tert-OH is 1. The molecular weight excluding hydrogens is 314 g/mol. The van der Waals surface area contributed by atoms with E-state index >= 15 is 0 Å². The van der Waals surface area contributed by atoms with Gasteiger partial charge in [-0.1, -0.05) is 6.07 Å². The maximum atomic E-state index is 9.52. The first-order valence-corrected chi connectivity index (χ1v) is 7.11. The van der Waals surface area contributed by atoms with Gasteiger partial charge in [-0.3, -0.25) is 0 Å². The summed E-state index contributed by atoms with van der Waals surface area (Å²) in [4.78, 5) is 1.05. The third kappa shape index (κ3) is 2.76. The first kappa shape index (κ1) is 13.6. The van der Waals surface area contributed by atoms with E-state index in [2.05, 4.69) is 26.1 Å². The van der Waals surface area contributed by atoms with E-state index in [1.54, 1.807) is 18.7 Å². The van der Waals surface area contributed by atoms with E-state index in [0.29, 0.717) is 0 Å². The van der Waals surface area contributed by atoms with Crippen LogP contribution in [0, 0.1) is 6.92 Å². The predicted molar refractivity (Wildman–Crippen MR) is 74.6 cm³/mol. The quantitative estimate of drug-likeness (QED) is 0.941. The van der Waals surface area contributed by atoms with Crippen molar-refractivity contribution < 1.29 is 5.11 Å². The molecule has 0 aliphatic rings.